The zero-order chi connectivity index (χ0) is 7.40. The Labute approximate surface area is 61.1 Å². The fourth-order valence-corrected chi connectivity index (χ4v) is 0.886. The third-order valence-electron chi connectivity index (χ3n) is 1.42. The van der Waals surface area contributed by atoms with Crippen molar-refractivity contribution in [1.82, 2.24) is 5.32 Å². The van der Waals surface area contributed by atoms with Crippen molar-refractivity contribution in [2.45, 2.75) is 6.54 Å². The predicted molar refractivity (Wildman–Crippen MR) is 43.6 cm³/mol. The van der Waals surface area contributed by atoms with Crippen LogP contribution < -0.4 is 11.1 Å². The van der Waals surface area contributed by atoms with E-state index in [4.69, 9.17) is 5.73 Å². The van der Waals surface area contributed by atoms with Gasteiger partial charge in [-0.15, -0.1) is 0 Å². The summed E-state index contributed by atoms with van der Waals surface area (Å²) >= 11 is 0. The number of para-hydroxylation sites is 1. The van der Waals surface area contributed by atoms with E-state index in [1.165, 1.54) is 0 Å². The Balaban J connectivity index is 2.81. The van der Waals surface area contributed by atoms with E-state index in [1.807, 2.05) is 31.3 Å². The summed E-state index contributed by atoms with van der Waals surface area (Å²) in [5.74, 6) is 0. The van der Waals surface area contributed by atoms with Crippen molar-refractivity contribution in [3.8, 4) is 0 Å². The summed E-state index contributed by atoms with van der Waals surface area (Å²) in [4.78, 5) is 0. The Morgan fingerprint density at radius 2 is 2.10 bits per heavy atom. The van der Waals surface area contributed by atoms with Crippen LogP contribution in [0.2, 0.25) is 0 Å². The molecule has 0 amide bonds. The molecular weight excluding hydrogens is 124 g/mol. The van der Waals surface area contributed by atoms with Gasteiger partial charge in [0.05, 0.1) is 0 Å². The summed E-state index contributed by atoms with van der Waals surface area (Å²) in [6, 6.07) is 7.86. The van der Waals surface area contributed by atoms with Crippen LogP contribution in [0.3, 0.4) is 0 Å². The molecule has 0 radical (unpaired) electrons. The molecule has 0 atom stereocenters. The minimum Gasteiger partial charge on any atom is -0.398 e. The Bertz CT molecular complexity index is 208. The first-order valence-electron chi connectivity index (χ1n) is 3.32. The van der Waals surface area contributed by atoms with Gasteiger partial charge in [-0.1, -0.05) is 18.2 Å². The number of benzene rings is 1. The fraction of sp³-hybridized carbons (Fsp3) is 0.250. The quantitative estimate of drug-likeness (QED) is 0.595. The van der Waals surface area contributed by atoms with Crippen LogP contribution in [-0.4, -0.2) is 7.05 Å². The highest BCUT2D eigenvalue weighted by atomic mass is 14.8. The van der Waals surface area contributed by atoms with E-state index in [0.717, 1.165) is 17.8 Å². The number of hydrogen-bond donors (Lipinski definition) is 2. The van der Waals surface area contributed by atoms with Crippen LogP contribution in [0.15, 0.2) is 24.3 Å². The van der Waals surface area contributed by atoms with Crippen molar-refractivity contribution in [3.63, 3.8) is 0 Å². The fourth-order valence-electron chi connectivity index (χ4n) is 0.886. The molecule has 1 aromatic carbocycles. The van der Waals surface area contributed by atoms with Gasteiger partial charge in [-0.3, -0.25) is 0 Å². The third-order valence-corrected chi connectivity index (χ3v) is 1.42. The Kier molecular flexibility index (Phi) is 2.29. The van der Waals surface area contributed by atoms with Crippen molar-refractivity contribution in [1.29, 1.82) is 0 Å². The Morgan fingerprint density at radius 3 is 2.70 bits per heavy atom. The second-order valence-corrected chi connectivity index (χ2v) is 2.23. The van der Waals surface area contributed by atoms with Gasteiger partial charge in [0.25, 0.3) is 0 Å². The molecule has 1 aromatic rings. The molecule has 0 aliphatic carbocycles. The first-order chi connectivity index (χ1) is 4.84. The summed E-state index contributed by atoms with van der Waals surface area (Å²) in [6.07, 6.45) is 0. The summed E-state index contributed by atoms with van der Waals surface area (Å²) in [6.45, 7) is 0.840. The van der Waals surface area contributed by atoms with Gasteiger partial charge in [-0.05, 0) is 18.7 Å². The predicted octanol–water partition coefficient (Wildman–Crippen LogP) is 0.988. The van der Waals surface area contributed by atoms with Gasteiger partial charge < -0.3 is 11.1 Å². The van der Waals surface area contributed by atoms with Crippen molar-refractivity contribution in [2.75, 3.05) is 12.8 Å². The van der Waals surface area contributed by atoms with E-state index < -0.39 is 0 Å². The lowest BCUT2D eigenvalue weighted by Crippen LogP contribution is -2.06. The van der Waals surface area contributed by atoms with Crippen molar-refractivity contribution in [3.05, 3.63) is 29.8 Å². The lowest BCUT2D eigenvalue weighted by atomic mass is 10.2. The number of nitrogen functional groups attached to an aromatic ring is 1. The molecule has 54 valence electrons. The second kappa shape index (κ2) is 3.22. The SMILES string of the molecule is CNCc1ccccc1N. The normalized spacial score (nSPS) is 9.70. The number of nitrogens with two attached hydrogens (primary N) is 1. The van der Waals surface area contributed by atoms with Crippen LogP contribution in [0.1, 0.15) is 5.56 Å². The van der Waals surface area contributed by atoms with Gasteiger partial charge in [0, 0.05) is 12.2 Å². The van der Waals surface area contributed by atoms with Gasteiger partial charge in [0.1, 0.15) is 0 Å². The summed E-state index contributed by atoms with van der Waals surface area (Å²) in [5.41, 5.74) is 7.68. The van der Waals surface area contributed by atoms with E-state index in [-0.39, 0.29) is 0 Å². The van der Waals surface area contributed by atoms with Crippen molar-refractivity contribution >= 4 is 5.69 Å². The topological polar surface area (TPSA) is 38.0 Å². The molecule has 0 spiro atoms. The number of hydrogen-bond acceptors (Lipinski definition) is 2. The molecule has 0 unspecified atom stereocenters. The Morgan fingerprint density at radius 1 is 1.40 bits per heavy atom. The highest BCUT2D eigenvalue weighted by Gasteiger charge is 1.92. The molecular formula is C8H12N2. The largest absolute Gasteiger partial charge is 0.398 e. The number of anilines is 1. The summed E-state index contributed by atoms with van der Waals surface area (Å²) in [5, 5.41) is 3.04. The highest BCUT2D eigenvalue weighted by Crippen LogP contribution is 2.08. The lowest BCUT2D eigenvalue weighted by Gasteiger charge is -2.02. The van der Waals surface area contributed by atoms with Gasteiger partial charge in [-0.25, -0.2) is 0 Å². The van der Waals surface area contributed by atoms with Gasteiger partial charge in [0.15, 0.2) is 0 Å². The van der Waals surface area contributed by atoms with E-state index in [9.17, 15) is 0 Å². The molecule has 2 nitrogen and oxygen atoms in total. The zero-order valence-electron chi connectivity index (χ0n) is 6.09. The van der Waals surface area contributed by atoms with Crippen LogP contribution in [0.5, 0.6) is 0 Å². The zero-order valence-corrected chi connectivity index (χ0v) is 6.09. The van der Waals surface area contributed by atoms with Gasteiger partial charge in [0.2, 0.25) is 0 Å². The lowest BCUT2D eigenvalue weighted by molar-refractivity contribution is 0.820. The van der Waals surface area contributed by atoms with Crippen molar-refractivity contribution < 1.29 is 0 Å². The molecule has 0 heterocycles. The molecule has 0 aliphatic heterocycles. The molecule has 0 saturated carbocycles. The second-order valence-electron chi connectivity index (χ2n) is 2.23. The monoisotopic (exact) mass is 136 g/mol. The molecule has 1 rings (SSSR count). The highest BCUT2D eigenvalue weighted by molar-refractivity contribution is 5.46. The molecule has 0 aromatic heterocycles. The number of nitrogens with one attached hydrogen (secondary N) is 1. The maximum absolute atomic E-state index is 5.67. The van der Waals surface area contributed by atoms with Crippen molar-refractivity contribution in [2.24, 2.45) is 0 Å². The number of rotatable bonds is 2. The average Bonchev–Trinajstić information content (AvgIpc) is 1.94. The van der Waals surface area contributed by atoms with E-state index in [1.54, 1.807) is 0 Å². The first kappa shape index (κ1) is 7.09. The van der Waals surface area contributed by atoms with Gasteiger partial charge >= 0.3 is 0 Å². The van der Waals surface area contributed by atoms with E-state index in [0.29, 0.717) is 0 Å². The average molecular weight is 136 g/mol. The van der Waals surface area contributed by atoms with Gasteiger partial charge in [-0.2, -0.15) is 0 Å². The standard InChI is InChI=1S/C8H12N2/c1-10-6-7-4-2-3-5-8(7)9/h2-5,10H,6,9H2,1H3. The maximum atomic E-state index is 5.67. The minimum atomic E-state index is 0.840. The van der Waals surface area contributed by atoms with E-state index in [2.05, 4.69) is 5.32 Å². The summed E-state index contributed by atoms with van der Waals surface area (Å²) in [7, 11) is 1.91. The molecule has 3 N–H and O–H groups in total. The van der Waals surface area contributed by atoms with E-state index >= 15 is 0 Å². The summed E-state index contributed by atoms with van der Waals surface area (Å²) < 4.78 is 0. The molecule has 10 heavy (non-hydrogen) atoms. The third kappa shape index (κ3) is 1.48. The van der Waals surface area contributed by atoms with Crippen LogP contribution in [0.25, 0.3) is 0 Å². The van der Waals surface area contributed by atoms with Crippen LogP contribution in [-0.2, 0) is 6.54 Å². The minimum absolute atomic E-state index is 0.840. The van der Waals surface area contributed by atoms with Crippen LogP contribution in [0.4, 0.5) is 5.69 Å². The maximum Gasteiger partial charge on any atom is 0.0359 e. The smallest absolute Gasteiger partial charge is 0.0359 e. The molecule has 0 bridgehead atoms. The van der Waals surface area contributed by atoms with Crippen LogP contribution >= 0.6 is 0 Å². The molecule has 2 heteroatoms. The molecule has 0 saturated heterocycles. The molecule has 0 aliphatic rings. The first-order valence-corrected chi connectivity index (χ1v) is 3.32. The Hall–Kier alpha value is -1.02. The van der Waals surface area contributed by atoms with Crippen LogP contribution in [0, 0.1) is 0 Å². The molecule has 0 fully saturated rings.